The van der Waals surface area contributed by atoms with Crippen molar-refractivity contribution in [3.63, 3.8) is 0 Å². The first-order valence-corrected chi connectivity index (χ1v) is 16.5. The molecule has 9 heteroatoms. The van der Waals surface area contributed by atoms with Crippen LogP contribution in [0.15, 0.2) is 42.5 Å². The molecule has 4 aromatic rings. The molecule has 4 atom stereocenters. The summed E-state index contributed by atoms with van der Waals surface area (Å²) in [7, 11) is 0. The molecule has 3 aromatic carbocycles. The number of phenols is 1. The third-order valence-electron chi connectivity index (χ3n) is 11.1. The highest BCUT2D eigenvalue weighted by Gasteiger charge is 2.51. The highest BCUT2D eigenvalue weighted by molar-refractivity contribution is 6.04. The highest BCUT2D eigenvalue weighted by Crippen LogP contribution is 2.49. The minimum Gasteiger partial charge on any atom is -0.508 e. The molecule has 4 unspecified atom stereocenters. The van der Waals surface area contributed by atoms with Crippen LogP contribution in [0.1, 0.15) is 44.1 Å². The van der Waals surface area contributed by atoms with Gasteiger partial charge in [0, 0.05) is 84.0 Å². The van der Waals surface area contributed by atoms with Gasteiger partial charge in [0.15, 0.2) is 5.82 Å². The van der Waals surface area contributed by atoms with Crippen molar-refractivity contribution in [3.05, 3.63) is 53.8 Å². The van der Waals surface area contributed by atoms with Crippen molar-refractivity contribution in [2.75, 3.05) is 37.7 Å². The van der Waals surface area contributed by atoms with Crippen LogP contribution in [-0.2, 0) is 4.79 Å². The standard InChI is InChI=1S/C37H36FN5O3/c1-2-21-4-3-5-22-13-27(44)15-30(32(21)22)28-8-9-29-34(33(28)38)40-36(41-35(29)42-17-24-6-7-25(18-42)39-24)46-20-37(10-11-37)19-43-16-23-12-26(43)14-31(23)45/h1,3-5,8-9,13,15,23-26,39,44H,6-7,10-12,14,16-20H2. The van der Waals surface area contributed by atoms with Gasteiger partial charge in [0.25, 0.3) is 0 Å². The zero-order valence-corrected chi connectivity index (χ0v) is 25.6. The van der Waals surface area contributed by atoms with Crippen LogP contribution >= 0.6 is 0 Å². The number of ether oxygens (including phenoxy) is 1. The van der Waals surface area contributed by atoms with E-state index < -0.39 is 5.82 Å². The van der Waals surface area contributed by atoms with Crippen molar-refractivity contribution >= 4 is 33.3 Å². The zero-order chi connectivity index (χ0) is 31.2. The molecule has 9 rings (SSSR count). The number of phenolic OH excluding ortho intramolecular Hbond substituents is 1. The summed E-state index contributed by atoms with van der Waals surface area (Å²) >= 11 is 0. The van der Waals surface area contributed by atoms with Gasteiger partial charge in [-0.2, -0.15) is 9.97 Å². The molecule has 3 saturated heterocycles. The molecule has 8 nitrogen and oxygen atoms in total. The first kappa shape index (κ1) is 28.0. The monoisotopic (exact) mass is 617 g/mol. The number of nitrogens with one attached hydrogen (secondary N) is 1. The van der Waals surface area contributed by atoms with Crippen LogP contribution < -0.4 is 15.0 Å². The van der Waals surface area contributed by atoms with Crippen LogP contribution in [0, 0.1) is 29.5 Å². The Morgan fingerprint density at radius 1 is 1.09 bits per heavy atom. The topological polar surface area (TPSA) is 90.8 Å². The Hall–Kier alpha value is -4.26. The second kappa shape index (κ2) is 10.4. The maximum Gasteiger partial charge on any atom is 0.319 e. The van der Waals surface area contributed by atoms with Gasteiger partial charge in [-0.1, -0.05) is 24.1 Å². The van der Waals surface area contributed by atoms with Crippen LogP contribution in [0.3, 0.4) is 0 Å². The van der Waals surface area contributed by atoms with E-state index in [0.717, 1.165) is 63.7 Å². The van der Waals surface area contributed by atoms with Gasteiger partial charge in [-0.25, -0.2) is 4.39 Å². The quantitative estimate of drug-likeness (QED) is 0.279. The number of nitrogens with zero attached hydrogens (tertiary/aromatic N) is 4. The minimum absolute atomic E-state index is 0.00661. The molecule has 0 spiro atoms. The van der Waals surface area contributed by atoms with Crippen molar-refractivity contribution < 1.29 is 19.0 Å². The number of carbonyl (C=O) groups excluding carboxylic acids is 1. The fourth-order valence-corrected chi connectivity index (χ4v) is 8.55. The molecule has 3 aliphatic heterocycles. The zero-order valence-electron chi connectivity index (χ0n) is 25.6. The lowest BCUT2D eigenvalue weighted by molar-refractivity contribution is -0.122. The van der Waals surface area contributed by atoms with Crippen molar-refractivity contribution in [3.8, 4) is 35.2 Å². The third-order valence-corrected chi connectivity index (χ3v) is 11.1. The van der Waals surface area contributed by atoms with Crippen molar-refractivity contribution in [2.24, 2.45) is 11.3 Å². The summed E-state index contributed by atoms with van der Waals surface area (Å²) in [6, 6.07) is 13.6. The molecule has 4 heterocycles. The molecule has 1 aromatic heterocycles. The molecule has 0 amide bonds. The number of piperazine rings is 1. The fraction of sp³-hybridized carbons (Fsp3) is 0.432. The number of fused-ring (bicyclic) bond motifs is 6. The Labute approximate surface area is 266 Å². The summed E-state index contributed by atoms with van der Waals surface area (Å²) in [5.74, 6) is 3.55. The predicted octanol–water partition coefficient (Wildman–Crippen LogP) is 5.04. The van der Waals surface area contributed by atoms with Gasteiger partial charge in [-0.3, -0.25) is 9.69 Å². The van der Waals surface area contributed by atoms with Crippen molar-refractivity contribution in [1.82, 2.24) is 20.2 Å². The number of halogens is 1. The molecule has 234 valence electrons. The minimum atomic E-state index is -0.498. The van der Waals surface area contributed by atoms with E-state index in [1.807, 2.05) is 24.3 Å². The number of piperidine rings is 1. The molecule has 5 aliphatic rings. The number of Topliss-reactive ketones (excluding diaryl/α,β-unsaturated/α-hetero) is 1. The normalized spacial score (nSPS) is 26.3. The first-order valence-electron chi connectivity index (χ1n) is 16.5. The third kappa shape index (κ3) is 4.61. The SMILES string of the molecule is C#Cc1cccc2cc(O)cc(-c3ccc4c(N5CC6CCC(C5)N6)nc(OCC5(CN6CC7CC6CC7=O)CC5)nc4c3F)c12. The summed E-state index contributed by atoms with van der Waals surface area (Å²) in [5, 5.41) is 16.4. The fourth-order valence-electron chi connectivity index (χ4n) is 8.55. The number of carbonyl (C=O) groups is 1. The van der Waals surface area contributed by atoms with E-state index in [4.69, 9.17) is 21.1 Å². The van der Waals surface area contributed by atoms with Gasteiger partial charge in [0.1, 0.15) is 22.9 Å². The molecule has 2 N–H and O–H groups in total. The van der Waals surface area contributed by atoms with Gasteiger partial charge < -0.3 is 20.1 Å². The van der Waals surface area contributed by atoms with E-state index in [0.29, 0.717) is 70.2 Å². The maximum absolute atomic E-state index is 16.9. The second-order valence-electron chi connectivity index (χ2n) is 14.2. The Bertz CT molecular complexity index is 1960. The van der Waals surface area contributed by atoms with Gasteiger partial charge in [-0.05, 0) is 67.3 Å². The van der Waals surface area contributed by atoms with E-state index in [1.54, 1.807) is 18.2 Å². The lowest BCUT2D eigenvalue weighted by Crippen LogP contribution is -2.51. The molecule has 5 fully saturated rings. The Kier molecular flexibility index (Phi) is 6.32. The van der Waals surface area contributed by atoms with E-state index in [2.05, 4.69) is 21.0 Å². The molecule has 2 aliphatic carbocycles. The van der Waals surface area contributed by atoms with E-state index in [9.17, 15) is 9.90 Å². The van der Waals surface area contributed by atoms with E-state index in [1.165, 1.54) is 0 Å². The van der Waals surface area contributed by atoms with Crippen molar-refractivity contribution in [1.29, 1.82) is 0 Å². The lowest BCUT2D eigenvalue weighted by Gasteiger charge is -2.34. The summed E-state index contributed by atoms with van der Waals surface area (Å²) in [5.41, 5.74) is 1.65. The number of aromatic hydroxyl groups is 1. The van der Waals surface area contributed by atoms with Crippen LogP contribution in [0.4, 0.5) is 10.2 Å². The number of benzene rings is 3. The number of hydrogen-bond donors (Lipinski definition) is 2. The lowest BCUT2D eigenvalue weighted by atomic mass is 9.93. The summed E-state index contributed by atoms with van der Waals surface area (Å²) in [6.07, 6.45) is 11.8. The predicted molar refractivity (Wildman–Crippen MR) is 174 cm³/mol. The number of anilines is 1. The van der Waals surface area contributed by atoms with E-state index in [-0.39, 0.29) is 28.6 Å². The summed E-state index contributed by atoms with van der Waals surface area (Å²) in [6.45, 7) is 3.79. The van der Waals surface area contributed by atoms with Gasteiger partial charge in [-0.15, -0.1) is 6.42 Å². The van der Waals surface area contributed by atoms with Crippen LogP contribution in [0.25, 0.3) is 32.8 Å². The summed E-state index contributed by atoms with van der Waals surface area (Å²) < 4.78 is 23.3. The Balaban J connectivity index is 1.11. The molecule has 2 saturated carbocycles. The highest BCUT2D eigenvalue weighted by atomic mass is 19.1. The van der Waals surface area contributed by atoms with Crippen LogP contribution in [0.5, 0.6) is 11.8 Å². The summed E-state index contributed by atoms with van der Waals surface area (Å²) in [4.78, 5) is 26.5. The maximum atomic E-state index is 16.9. The molecular weight excluding hydrogens is 581 g/mol. The second-order valence-corrected chi connectivity index (χ2v) is 14.2. The van der Waals surface area contributed by atoms with E-state index >= 15 is 4.39 Å². The largest absolute Gasteiger partial charge is 0.508 e. The van der Waals surface area contributed by atoms with Crippen LogP contribution in [-0.4, -0.2) is 76.7 Å². The number of likely N-dealkylation sites (tertiary alicyclic amines) is 1. The van der Waals surface area contributed by atoms with Gasteiger partial charge in [0.05, 0.1) is 6.61 Å². The average molecular weight is 618 g/mol. The molecule has 0 radical (unpaired) electrons. The smallest absolute Gasteiger partial charge is 0.319 e. The molecule has 46 heavy (non-hydrogen) atoms. The number of hydrogen-bond acceptors (Lipinski definition) is 8. The van der Waals surface area contributed by atoms with Crippen LogP contribution in [0.2, 0.25) is 0 Å². The molecule has 4 bridgehead atoms. The number of ketones is 1. The number of rotatable bonds is 7. The van der Waals surface area contributed by atoms with Crippen molar-refractivity contribution in [2.45, 2.75) is 56.7 Å². The Morgan fingerprint density at radius 3 is 2.63 bits per heavy atom. The van der Waals surface area contributed by atoms with Gasteiger partial charge in [0.2, 0.25) is 0 Å². The average Bonchev–Trinajstić information content (AvgIpc) is 3.37. The first-order chi connectivity index (χ1) is 22.4. The number of terminal acetylenes is 1. The van der Waals surface area contributed by atoms with Gasteiger partial charge >= 0.3 is 6.01 Å². The number of aromatic nitrogens is 2. The molecular formula is C37H36FN5O3. The Morgan fingerprint density at radius 2 is 1.91 bits per heavy atom.